The maximum absolute atomic E-state index is 13.8. The van der Waals surface area contributed by atoms with E-state index < -0.39 is 11.4 Å². The van der Waals surface area contributed by atoms with Crippen LogP contribution in [0.5, 0.6) is 0 Å². The van der Waals surface area contributed by atoms with Crippen molar-refractivity contribution in [1.29, 1.82) is 0 Å². The maximum atomic E-state index is 13.8. The Hall–Kier alpha value is -2.89. The average molecular weight is 513 g/mol. The zero-order chi connectivity index (χ0) is 23.9. The van der Waals surface area contributed by atoms with Crippen molar-refractivity contribution in [3.8, 4) is 11.1 Å². The normalized spacial score (nSPS) is 14.8. The third-order valence-electron chi connectivity index (χ3n) is 5.85. The SMILES string of the molecule is O=C1COC(c2ccc(Cl)cc2)(c2ccc(Cl)cc2)c2cc(-c3ccc(F)c(Cl)c3)ccc2N1. The van der Waals surface area contributed by atoms with Gasteiger partial charge in [0.1, 0.15) is 18.0 Å². The molecular formula is C27H17Cl3FNO2. The zero-order valence-corrected chi connectivity index (χ0v) is 19.9. The van der Waals surface area contributed by atoms with Crippen molar-refractivity contribution in [3.63, 3.8) is 0 Å². The monoisotopic (exact) mass is 511 g/mol. The number of halogens is 4. The summed E-state index contributed by atoms with van der Waals surface area (Å²) in [6, 6.07) is 24.8. The summed E-state index contributed by atoms with van der Waals surface area (Å²) in [5.74, 6) is -0.768. The van der Waals surface area contributed by atoms with Gasteiger partial charge in [0.25, 0.3) is 0 Å². The smallest absolute Gasteiger partial charge is 0.250 e. The number of hydrogen-bond donors (Lipinski definition) is 1. The van der Waals surface area contributed by atoms with Crippen molar-refractivity contribution in [2.45, 2.75) is 5.60 Å². The molecule has 4 aromatic carbocycles. The van der Waals surface area contributed by atoms with Crippen molar-refractivity contribution >= 4 is 46.4 Å². The van der Waals surface area contributed by atoms with Crippen molar-refractivity contribution < 1.29 is 13.9 Å². The molecule has 0 radical (unpaired) electrons. The summed E-state index contributed by atoms with van der Waals surface area (Å²) in [6.07, 6.45) is 0. The first-order valence-corrected chi connectivity index (χ1v) is 11.6. The molecule has 0 atom stereocenters. The summed E-state index contributed by atoms with van der Waals surface area (Å²) in [5.41, 5.74) is 3.24. The molecule has 1 aliphatic heterocycles. The summed E-state index contributed by atoms with van der Waals surface area (Å²) in [6.45, 7) is -0.169. The fraction of sp³-hybridized carbons (Fsp3) is 0.0741. The topological polar surface area (TPSA) is 38.3 Å². The summed E-state index contributed by atoms with van der Waals surface area (Å²) in [7, 11) is 0. The minimum absolute atomic E-state index is 0.0265. The number of nitrogens with one attached hydrogen (secondary N) is 1. The molecule has 0 bridgehead atoms. The van der Waals surface area contributed by atoms with Crippen LogP contribution in [0.1, 0.15) is 16.7 Å². The fourth-order valence-electron chi connectivity index (χ4n) is 4.25. The van der Waals surface area contributed by atoms with Crippen LogP contribution >= 0.6 is 34.8 Å². The van der Waals surface area contributed by atoms with E-state index in [2.05, 4.69) is 5.32 Å². The Morgan fingerprint density at radius 1 is 0.765 bits per heavy atom. The lowest BCUT2D eigenvalue weighted by Gasteiger charge is -2.35. The Morgan fingerprint density at radius 3 is 1.91 bits per heavy atom. The molecule has 1 N–H and O–H groups in total. The van der Waals surface area contributed by atoms with Crippen LogP contribution in [-0.4, -0.2) is 12.5 Å². The van der Waals surface area contributed by atoms with Crippen molar-refractivity contribution in [3.05, 3.63) is 123 Å². The molecule has 0 aromatic heterocycles. The van der Waals surface area contributed by atoms with Crippen molar-refractivity contribution in [2.75, 3.05) is 11.9 Å². The second-order valence-electron chi connectivity index (χ2n) is 7.92. The highest BCUT2D eigenvalue weighted by molar-refractivity contribution is 6.31. The first kappa shape index (κ1) is 22.9. The van der Waals surface area contributed by atoms with E-state index in [1.165, 1.54) is 6.07 Å². The van der Waals surface area contributed by atoms with E-state index in [0.717, 1.165) is 22.3 Å². The van der Waals surface area contributed by atoms with Crippen LogP contribution in [0, 0.1) is 5.82 Å². The number of carbonyl (C=O) groups excluding carboxylic acids is 1. The molecule has 34 heavy (non-hydrogen) atoms. The van der Waals surface area contributed by atoms with Crippen LogP contribution in [0.2, 0.25) is 15.1 Å². The number of ether oxygens (including phenoxy) is 1. The first-order chi connectivity index (χ1) is 16.4. The van der Waals surface area contributed by atoms with Crippen LogP contribution in [0.3, 0.4) is 0 Å². The standard InChI is InChI=1S/C27H17Cl3FNO2/c28-20-7-3-18(4-8-20)27(19-5-9-21(29)10-6-19)22-13-16(17-1-11-24(31)23(30)14-17)2-12-25(22)32-26(33)15-34-27/h1-14H,15H2,(H,32,33). The number of anilines is 1. The molecule has 0 fully saturated rings. The quantitative estimate of drug-likeness (QED) is 0.305. The Balaban J connectivity index is 1.81. The van der Waals surface area contributed by atoms with Gasteiger partial charge in [-0.1, -0.05) is 71.2 Å². The van der Waals surface area contributed by atoms with Gasteiger partial charge < -0.3 is 10.1 Å². The van der Waals surface area contributed by atoms with E-state index in [1.807, 2.05) is 42.5 Å². The van der Waals surface area contributed by atoms with Gasteiger partial charge in [0.05, 0.1) is 5.02 Å². The second kappa shape index (κ2) is 9.05. The molecule has 7 heteroatoms. The molecule has 170 valence electrons. The molecule has 0 saturated carbocycles. The van der Waals surface area contributed by atoms with E-state index in [4.69, 9.17) is 39.5 Å². The van der Waals surface area contributed by atoms with E-state index in [-0.39, 0.29) is 17.5 Å². The van der Waals surface area contributed by atoms with Crippen LogP contribution in [0.25, 0.3) is 11.1 Å². The first-order valence-electron chi connectivity index (χ1n) is 10.4. The lowest BCUT2D eigenvalue weighted by Crippen LogP contribution is -2.33. The number of benzene rings is 4. The highest BCUT2D eigenvalue weighted by Crippen LogP contribution is 2.46. The lowest BCUT2D eigenvalue weighted by molar-refractivity contribution is -0.123. The average Bonchev–Trinajstić information content (AvgIpc) is 2.98. The summed E-state index contributed by atoms with van der Waals surface area (Å²) >= 11 is 18.4. The van der Waals surface area contributed by atoms with Gasteiger partial charge in [-0.05, 0) is 70.8 Å². The minimum Gasteiger partial charge on any atom is -0.351 e. The molecule has 1 aliphatic rings. The number of rotatable bonds is 3. The van der Waals surface area contributed by atoms with E-state index >= 15 is 0 Å². The Morgan fingerprint density at radius 2 is 1.32 bits per heavy atom. The Bertz CT molecular complexity index is 1340. The molecule has 3 nitrogen and oxygen atoms in total. The zero-order valence-electron chi connectivity index (χ0n) is 17.6. The van der Waals surface area contributed by atoms with Gasteiger partial charge in [0, 0.05) is 21.3 Å². The summed E-state index contributed by atoms with van der Waals surface area (Å²) < 4.78 is 20.2. The van der Waals surface area contributed by atoms with Crippen LogP contribution in [0.15, 0.2) is 84.9 Å². The predicted molar refractivity (Wildman–Crippen MR) is 134 cm³/mol. The van der Waals surface area contributed by atoms with E-state index in [0.29, 0.717) is 21.3 Å². The van der Waals surface area contributed by atoms with E-state index in [1.54, 1.807) is 36.4 Å². The van der Waals surface area contributed by atoms with Gasteiger partial charge in [-0.15, -0.1) is 0 Å². The molecule has 0 unspecified atom stereocenters. The van der Waals surface area contributed by atoms with Crippen molar-refractivity contribution in [2.24, 2.45) is 0 Å². The van der Waals surface area contributed by atoms with Gasteiger partial charge in [-0.25, -0.2) is 4.39 Å². The van der Waals surface area contributed by atoms with Gasteiger partial charge in [-0.2, -0.15) is 0 Å². The minimum atomic E-state index is -1.15. The van der Waals surface area contributed by atoms with Crippen LogP contribution in [-0.2, 0) is 15.1 Å². The number of hydrogen-bond acceptors (Lipinski definition) is 2. The number of fused-ring (bicyclic) bond motifs is 1. The van der Waals surface area contributed by atoms with Crippen LogP contribution in [0.4, 0.5) is 10.1 Å². The maximum Gasteiger partial charge on any atom is 0.250 e. The number of carbonyl (C=O) groups is 1. The van der Waals surface area contributed by atoms with Crippen LogP contribution < -0.4 is 5.32 Å². The summed E-state index contributed by atoms with van der Waals surface area (Å²) in [4.78, 5) is 12.6. The highest BCUT2D eigenvalue weighted by Gasteiger charge is 2.42. The third-order valence-corrected chi connectivity index (χ3v) is 6.64. The molecule has 1 heterocycles. The number of amides is 1. The fourth-order valence-corrected chi connectivity index (χ4v) is 4.68. The molecule has 0 spiro atoms. The Kier molecular flexibility index (Phi) is 6.09. The van der Waals surface area contributed by atoms with Gasteiger partial charge in [0.2, 0.25) is 5.91 Å². The Labute approximate surface area is 211 Å². The van der Waals surface area contributed by atoms with E-state index in [9.17, 15) is 9.18 Å². The molecular weight excluding hydrogens is 496 g/mol. The van der Waals surface area contributed by atoms with Gasteiger partial charge in [0.15, 0.2) is 0 Å². The van der Waals surface area contributed by atoms with Gasteiger partial charge >= 0.3 is 0 Å². The third kappa shape index (κ3) is 4.08. The second-order valence-corrected chi connectivity index (χ2v) is 9.20. The molecule has 1 amide bonds. The van der Waals surface area contributed by atoms with Crippen molar-refractivity contribution in [1.82, 2.24) is 0 Å². The molecule has 0 aliphatic carbocycles. The summed E-state index contributed by atoms with van der Waals surface area (Å²) in [5, 5.41) is 4.12. The molecule has 0 saturated heterocycles. The lowest BCUT2D eigenvalue weighted by atomic mass is 9.78. The highest BCUT2D eigenvalue weighted by atomic mass is 35.5. The molecule has 5 rings (SSSR count). The predicted octanol–water partition coefficient (Wildman–Crippen LogP) is 7.71. The molecule has 4 aromatic rings. The van der Waals surface area contributed by atoms with Gasteiger partial charge in [-0.3, -0.25) is 4.79 Å². The largest absolute Gasteiger partial charge is 0.351 e.